The summed E-state index contributed by atoms with van der Waals surface area (Å²) < 4.78 is 1.90. The summed E-state index contributed by atoms with van der Waals surface area (Å²) >= 11 is 0. The maximum atomic E-state index is 5.07. The van der Waals surface area contributed by atoms with Crippen LogP contribution in [-0.4, -0.2) is 37.7 Å². The van der Waals surface area contributed by atoms with E-state index in [1.807, 2.05) is 11.4 Å². The van der Waals surface area contributed by atoms with Crippen LogP contribution >= 0.6 is 0 Å². The van der Waals surface area contributed by atoms with Crippen molar-refractivity contribution in [1.82, 2.24) is 24.6 Å². The lowest BCUT2D eigenvalue weighted by Crippen LogP contribution is -2.31. The minimum atomic E-state index is 0.498. The van der Waals surface area contributed by atoms with E-state index >= 15 is 0 Å². The maximum absolute atomic E-state index is 5.07. The van der Waals surface area contributed by atoms with E-state index in [9.17, 15) is 0 Å². The second kappa shape index (κ2) is 7.35. The Morgan fingerprint density at radius 3 is 2.33 bits per heavy atom. The van der Waals surface area contributed by atoms with E-state index in [2.05, 4.69) is 56.0 Å². The average Bonchev–Trinajstić information content (AvgIpc) is 3.13. The molecule has 4 aromatic rings. The number of anilines is 1. The van der Waals surface area contributed by atoms with Gasteiger partial charge in [-0.1, -0.05) is 38.1 Å². The van der Waals surface area contributed by atoms with Crippen molar-refractivity contribution >= 4 is 22.6 Å². The Hall–Kier alpha value is -3.02. The van der Waals surface area contributed by atoms with Crippen LogP contribution in [0.4, 0.5) is 5.95 Å². The fraction of sp³-hybridized carbons (Fsp3) is 0.417. The summed E-state index contributed by atoms with van der Waals surface area (Å²) in [5, 5.41) is 5.75. The van der Waals surface area contributed by atoms with Crippen LogP contribution < -0.4 is 4.90 Å². The van der Waals surface area contributed by atoms with Crippen molar-refractivity contribution in [2.75, 3.05) is 18.0 Å². The zero-order valence-corrected chi connectivity index (χ0v) is 18.2. The summed E-state index contributed by atoms with van der Waals surface area (Å²) in [5.74, 6) is 1.28. The molecule has 1 fully saturated rings. The van der Waals surface area contributed by atoms with Gasteiger partial charge in [-0.05, 0) is 50.7 Å². The van der Waals surface area contributed by atoms with Crippen molar-refractivity contribution in [3.8, 4) is 11.3 Å². The smallest absolute Gasteiger partial charge is 0.228 e. The zero-order chi connectivity index (χ0) is 20.8. The minimum absolute atomic E-state index is 0.498. The molecule has 154 valence electrons. The molecule has 0 radical (unpaired) electrons. The van der Waals surface area contributed by atoms with E-state index in [-0.39, 0.29) is 0 Å². The first-order chi connectivity index (χ1) is 14.5. The number of aryl methyl sites for hydroxylation is 2. The molecule has 6 nitrogen and oxygen atoms in total. The standard InChI is InChI=1S/C24H28N6/c1-15(2)18-8-10-19(11-9-18)21-20-22(27-24(26-21)29-12-6-5-7-13-29)28-30-17(4)14-16(3)25-23(20)30/h8-11,14-15H,5-7,12-13H2,1-4H3. The minimum Gasteiger partial charge on any atom is -0.341 e. The summed E-state index contributed by atoms with van der Waals surface area (Å²) in [6.07, 6.45) is 3.65. The van der Waals surface area contributed by atoms with Gasteiger partial charge in [-0.25, -0.2) is 14.5 Å². The van der Waals surface area contributed by atoms with Crippen LogP contribution in [0.3, 0.4) is 0 Å². The lowest BCUT2D eigenvalue weighted by molar-refractivity contribution is 0.569. The van der Waals surface area contributed by atoms with Crippen LogP contribution in [0, 0.1) is 13.8 Å². The molecule has 0 aliphatic carbocycles. The number of benzene rings is 1. The molecule has 5 rings (SSSR count). The number of nitrogens with zero attached hydrogens (tertiary/aromatic N) is 6. The Bertz CT molecular complexity index is 1220. The zero-order valence-electron chi connectivity index (χ0n) is 18.2. The Morgan fingerprint density at radius 1 is 0.900 bits per heavy atom. The topological polar surface area (TPSA) is 59.2 Å². The van der Waals surface area contributed by atoms with Gasteiger partial charge in [0.25, 0.3) is 0 Å². The molecular formula is C24H28N6. The van der Waals surface area contributed by atoms with Gasteiger partial charge in [0.15, 0.2) is 11.3 Å². The lowest BCUT2D eigenvalue weighted by Gasteiger charge is -2.26. The molecule has 6 heteroatoms. The summed E-state index contributed by atoms with van der Waals surface area (Å²) in [7, 11) is 0. The molecule has 0 saturated carbocycles. The normalized spacial score (nSPS) is 14.9. The Morgan fingerprint density at radius 2 is 1.63 bits per heavy atom. The molecule has 3 aromatic heterocycles. The van der Waals surface area contributed by atoms with E-state index in [0.29, 0.717) is 5.92 Å². The molecule has 1 aliphatic rings. The largest absolute Gasteiger partial charge is 0.341 e. The molecule has 1 aromatic carbocycles. The molecule has 30 heavy (non-hydrogen) atoms. The van der Waals surface area contributed by atoms with Gasteiger partial charge in [0.1, 0.15) is 0 Å². The first kappa shape index (κ1) is 19.0. The van der Waals surface area contributed by atoms with Crippen molar-refractivity contribution in [2.24, 2.45) is 0 Å². The Kier molecular flexibility index (Phi) is 4.65. The highest BCUT2D eigenvalue weighted by atomic mass is 15.3. The molecule has 0 atom stereocenters. The molecule has 4 heterocycles. The number of piperidine rings is 1. The van der Waals surface area contributed by atoms with Gasteiger partial charge in [-0.3, -0.25) is 0 Å². The van der Waals surface area contributed by atoms with Gasteiger partial charge >= 0.3 is 0 Å². The van der Waals surface area contributed by atoms with Crippen LogP contribution in [0.1, 0.15) is 56.0 Å². The second-order valence-electron chi connectivity index (χ2n) is 8.67. The van der Waals surface area contributed by atoms with Crippen molar-refractivity contribution in [3.63, 3.8) is 0 Å². The summed E-state index contributed by atoms with van der Waals surface area (Å²) in [4.78, 5) is 17.1. The quantitative estimate of drug-likeness (QED) is 0.480. The molecule has 1 saturated heterocycles. The van der Waals surface area contributed by atoms with Crippen LogP contribution in [-0.2, 0) is 0 Å². The number of aromatic nitrogens is 5. The predicted molar refractivity (Wildman–Crippen MR) is 121 cm³/mol. The molecule has 0 spiro atoms. The Balaban J connectivity index is 1.78. The molecule has 1 aliphatic heterocycles. The van der Waals surface area contributed by atoms with Crippen LogP contribution in [0.25, 0.3) is 27.9 Å². The fourth-order valence-electron chi connectivity index (χ4n) is 4.35. The third kappa shape index (κ3) is 3.20. The molecule has 0 amide bonds. The molecular weight excluding hydrogens is 372 g/mol. The lowest BCUT2D eigenvalue weighted by atomic mass is 10.00. The van der Waals surface area contributed by atoms with Gasteiger partial charge in [0, 0.05) is 30.0 Å². The first-order valence-electron chi connectivity index (χ1n) is 10.9. The van der Waals surface area contributed by atoms with E-state index < -0.39 is 0 Å². The van der Waals surface area contributed by atoms with Gasteiger partial charge in [-0.15, -0.1) is 5.10 Å². The number of hydrogen-bond donors (Lipinski definition) is 0. The van der Waals surface area contributed by atoms with Crippen LogP contribution in [0.15, 0.2) is 30.3 Å². The highest BCUT2D eigenvalue weighted by Gasteiger charge is 2.22. The van der Waals surface area contributed by atoms with Crippen molar-refractivity contribution < 1.29 is 0 Å². The number of hydrogen-bond acceptors (Lipinski definition) is 5. The van der Waals surface area contributed by atoms with Crippen molar-refractivity contribution in [3.05, 3.63) is 47.3 Å². The maximum Gasteiger partial charge on any atom is 0.228 e. The Labute approximate surface area is 177 Å². The molecule has 0 N–H and O–H groups in total. The van der Waals surface area contributed by atoms with Crippen LogP contribution in [0.5, 0.6) is 0 Å². The fourth-order valence-corrected chi connectivity index (χ4v) is 4.35. The van der Waals surface area contributed by atoms with Crippen LogP contribution in [0.2, 0.25) is 0 Å². The summed E-state index contributed by atoms with van der Waals surface area (Å²) in [5.41, 5.74) is 6.90. The highest BCUT2D eigenvalue weighted by molar-refractivity contribution is 6.01. The van der Waals surface area contributed by atoms with Gasteiger partial charge in [-0.2, -0.15) is 4.98 Å². The van der Waals surface area contributed by atoms with E-state index in [4.69, 9.17) is 20.1 Å². The third-order valence-electron chi connectivity index (χ3n) is 6.02. The SMILES string of the molecule is Cc1cc(C)n2nc3nc(N4CCCCC4)nc(-c4ccc(C(C)C)cc4)c3c2n1. The van der Waals surface area contributed by atoms with E-state index in [1.165, 1.54) is 24.8 Å². The van der Waals surface area contributed by atoms with E-state index in [1.54, 1.807) is 0 Å². The average molecular weight is 401 g/mol. The third-order valence-corrected chi connectivity index (χ3v) is 6.02. The monoisotopic (exact) mass is 400 g/mol. The number of rotatable bonds is 3. The first-order valence-corrected chi connectivity index (χ1v) is 10.9. The summed E-state index contributed by atoms with van der Waals surface area (Å²) in [6.45, 7) is 10.5. The highest BCUT2D eigenvalue weighted by Crippen LogP contribution is 2.32. The second-order valence-corrected chi connectivity index (χ2v) is 8.67. The van der Waals surface area contributed by atoms with Crippen molar-refractivity contribution in [2.45, 2.75) is 52.9 Å². The van der Waals surface area contributed by atoms with Gasteiger partial charge in [0.2, 0.25) is 5.95 Å². The van der Waals surface area contributed by atoms with Gasteiger partial charge < -0.3 is 4.90 Å². The molecule has 0 unspecified atom stereocenters. The van der Waals surface area contributed by atoms with Gasteiger partial charge in [0.05, 0.1) is 11.1 Å². The number of fused-ring (bicyclic) bond motifs is 3. The summed E-state index contributed by atoms with van der Waals surface area (Å²) in [6, 6.07) is 10.8. The van der Waals surface area contributed by atoms with Crippen molar-refractivity contribution in [1.29, 1.82) is 0 Å². The predicted octanol–water partition coefficient (Wildman–Crippen LogP) is 5.07. The molecule has 0 bridgehead atoms. The van der Waals surface area contributed by atoms with E-state index in [0.717, 1.165) is 58.4 Å².